The fraction of sp³-hybridized carbons (Fsp3) is 0.318. The molecule has 0 atom stereocenters. The van der Waals surface area contributed by atoms with Crippen molar-refractivity contribution < 1.29 is 16.8 Å². The Labute approximate surface area is 372 Å². The predicted octanol–water partition coefficient (Wildman–Crippen LogP) is 9.03. The first kappa shape index (κ1) is 44.2. The van der Waals surface area contributed by atoms with E-state index in [9.17, 15) is 16.8 Å². The first-order valence-electron chi connectivity index (χ1n) is 19.7. The summed E-state index contributed by atoms with van der Waals surface area (Å²) >= 11 is 15.4. The Hall–Kier alpha value is -3.86. The normalized spacial score (nSPS) is 15.5. The molecule has 2 aliphatic heterocycles. The number of hydrogen-bond acceptors (Lipinski definition) is 10. The van der Waals surface area contributed by atoms with Gasteiger partial charge in [0.2, 0.25) is 20.0 Å². The maximum absolute atomic E-state index is 12.9. The molecule has 0 bridgehead atoms. The fourth-order valence-electron chi connectivity index (χ4n) is 7.31. The lowest BCUT2D eigenvalue weighted by atomic mass is 10.0. The van der Waals surface area contributed by atoms with Crippen molar-refractivity contribution in [2.24, 2.45) is 0 Å². The zero-order chi connectivity index (χ0) is 42.6. The largest absolute Gasteiger partial charge is 0.345 e. The third-order valence-electron chi connectivity index (χ3n) is 10.4. The number of benzene rings is 4. The molecule has 0 unspecified atom stereocenters. The van der Waals surface area contributed by atoms with Crippen LogP contribution in [-0.4, -0.2) is 87.8 Å². The molecular formula is C44H48Cl2N6O4S4. The zero-order valence-electron chi connectivity index (χ0n) is 34.0. The Morgan fingerprint density at radius 3 is 1.25 bits per heavy atom. The molecule has 4 aromatic carbocycles. The van der Waals surface area contributed by atoms with Gasteiger partial charge in [0.15, 0.2) is 10.3 Å². The summed E-state index contributed by atoms with van der Waals surface area (Å²) in [4.78, 5) is 14.6. The molecule has 16 heteroatoms. The third-order valence-corrected chi connectivity index (χ3v) is 16.6. The van der Waals surface area contributed by atoms with Crippen LogP contribution in [0.3, 0.4) is 0 Å². The standard InChI is InChI=1S/C23H27N3O2S2.C21H21Cl2N3O2S2/c1-17-4-6-22(7-5-17)30(27,28)26-10-8-25(9-11-26)23-24-21(16-29-23)15-20-13-18(2)12-19(3)14-20;1-15-2-4-20(5-3-15)30(27,28)26-8-6-25(7-9-26)21-24-19(14-29-21)12-16-10-17(22)13-18(23)11-16/h4-7,12-14,16H,8-11,15H2,1-3H3;2-5,10-11,13-14H,6-9,12H2,1H3. The average Bonchev–Trinajstić information content (AvgIpc) is 3.88. The van der Waals surface area contributed by atoms with E-state index in [1.165, 1.54) is 16.7 Å². The number of piperazine rings is 2. The van der Waals surface area contributed by atoms with Crippen molar-refractivity contribution in [3.63, 3.8) is 0 Å². The molecule has 0 N–H and O–H groups in total. The monoisotopic (exact) mass is 922 g/mol. The molecule has 0 amide bonds. The van der Waals surface area contributed by atoms with E-state index in [0.29, 0.717) is 78.6 Å². The smallest absolute Gasteiger partial charge is 0.243 e. The van der Waals surface area contributed by atoms with Crippen LogP contribution in [0, 0.1) is 27.7 Å². The van der Waals surface area contributed by atoms with E-state index in [-0.39, 0.29) is 0 Å². The van der Waals surface area contributed by atoms with Crippen LogP contribution in [0.5, 0.6) is 0 Å². The molecule has 60 heavy (non-hydrogen) atoms. The Morgan fingerprint density at radius 2 is 0.867 bits per heavy atom. The highest BCUT2D eigenvalue weighted by Gasteiger charge is 2.31. The Balaban J connectivity index is 0.000000181. The molecule has 2 saturated heterocycles. The number of halogens is 2. The van der Waals surface area contributed by atoms with Crippen molar-refractivity contribution in [1.82, 2.24) is 18.6 Å². The van der Waals surface area contributed by atoms with E-state index in [1.54, 1.807) is 61.6 Å². The van der Waals surface area contributed by atoms with Gasteiger partial charge in [-0.1, -0.05) is 87.9 Å². The molecule has 10 nitrogen and oxygen atoms in total. The lowest BCUT2D eigenvalue weighted by molar-refractivity contribution is 0.384. The second-order valence-corrected chi connectivity index (χ2v) is 21.7. The summed E-state index contributed by atoms with van der Waals surface area (Å²) in [6.45, 7) is 12.5. The van der Waals surface area contributed by atoms with Crippen molar-refractivity contribution in [3.05, 3.63) is 151 Å². The van der Waals surface area contributed by atoms with Gasteiger partial charge in [-0.05, 0) is 81.3 Å². The minimum Gasteiger partial charge on any atom is -0.345 e. The van der Waals surface area contributed by atoms with Gasteiger partial charge in [-0.15, -0.1) is 22.7 Å². The van der Waals surface area contributed by atoms with Crippen LogP contribution in [0.1, 0.15) is 44.8 Å². The molecule has 2 aliphatic rings. The first-order chi connectivity index (χ1) is 28.6. The number of sulfonamides is 2. The summed E-state index contributed by atoms with van der Waals surface area (Å²) < 4.78 is 54.7. The van der Waals surface area contributed by atoms with Crippen molar-refractivity contribution in [2.75, 3.05) is 62.2 Å². The van der Waals surface area contributed by atoms with Crippen molar-refractivity contribution >= 4 is 76.2 Å². The molecule has 0 spiro atoms. The number of nitrogens with zero attached hydrogens (tertiary/aromatic N) is 6. The van der Waals surface area contributed by atoms with Gasteiger partial charge >= 0.3 is 0 Å². The summed E-state index contributed by atoms with van der Waals surface area (Å²) in [5.74, 6) is 0. The van der Waals surface area contributed by atoms with Gasteiger partial charge in [-0.25, -0.2) is 26.8 Å². The maximum Gasteiger partial charge on any atom is 0.243 e. The molecular weight excluding hydrogens is 876 g/mol. The first-order valence-corrected chi connectivity index (χ1v) is 25.1. The number of aryl methyl sites for hydroxylation is 4. The highest BCUT2D eigenvalue weighted by atomic mass is 35.5. The lowest BCUT2D eigenvalue weighted by Gasteiger charge is -2.33. The van der Waals surface area contributed by atoms with E-state index in [4.69, 9.17) is 33.2 Å². The second-order valence-electron chi connectivity index (χ2n) is 15.3. The third kappa shape index (κ3) is 11.0. The van der Waals surface area contributed by atoms with Crippen molar-refractivity contribution in [2.45, 2.75) is 50.3 Å². The topological polar surface area (TPSA) is 107 Å². The van der Waals surface area contributed by atoms with Crippen LogP contribution in [0.15, 0.2) is 105 Å². The second kappa shape index (κ2) is 19.0. The average molecular weight is 924 g/mol. The van der Waals surface area contributed by atoms with E-state index < -0.39 is 20.0 Å². The van der Waals surface area contributed by atoms with E-state index in [0.717, 1.165) is 44.8 Å². The molecule has 6 aromatic rings. The number of anilines is 2. The van der Waals surface area contributed by atoms with E-state index >= 15 is 0 Å². The number of thiazole rings is 2. The minimum absolute atomic E-state index is 0.346. The van der Waals surface area contributed by atoms with Gasteiger partial charge in [-0.3, -0.25) is 0 Å². The fourth-order valence-corrected chi connectivity index (χ4v) is 12.5. The summed E-state index contributed by atoms with van der Waals surface area (Å²) in [5, 5.41) is 7.24. The zero-order valence-corrected chi connectivity index (χ0v) is 38.8. The molecule has 0 saturated carbocycles. The molecule has 0 radical (unpaired) electrons. The molecule has 316 valence electrons. The van der Waals surface area contributed by atoms with Crippen LogP contribution in [0.4, 0.5) is 10.3 Å². The highest BCUT2D eigenvalue weighted by molar-refractivity contribution is 7.89. The quantitative estimate of drug-likeness (QED) is 0.134. The number of aromatic nitrogens is 2. The molecule has 8 rings (SSSR count). The van der Waals surface area contributed by atoms with Crippen LogP contribution in [-0.2, 0) is 32.9 Å². The summed E-state index contributed by atoms with van der Waals surface area (Å²) in [6.07, 6.45) is 1.47. The van der Waals surface area contributed by atoms with Gasteiger partial charge in [0, 0.05) is 86.0 Å². The van der Waals surface area contributed by atoms with Crippen molar-refractivity contribution in [3.8, 4) is 0 Å². The van der Waals surface area contributed by atoms with Gasteiger partial charge < -0.3 is 9.80 Å². The van der Waals surface area contributed by atoms with Crippen molar-refractivity contribution in [1.29, 1.82) is 0 Å². The highest BCUT2D eigenvalue weighted by Crippen LogP contribution is 2.28. The summed E-state index contributed by atoms with van der Waals surface area (Å²) in [5.41, 5.74) is 8.93. The maximum atomic E-state index is 12.9. The lowest BCUT2D eigenvalue weighted by Crippen LogP contribution is -2.48. The predicted molar refractivity (Wildman–Crippen MR) is 247 cm³/mol. The Morgan fingerprint density at radius 1 is 0.500 bits per heavy atom. The van der Waals surface area contributed by atoms with Gasteiger partial charge in [0.05, 0.1) is 21.2 Å². The molecule has 4 heterocycles. The summed E-state index contributed by atoms with van der Waals surface area (Å²) in [7, 11) is -6.90. The van der Waals surface area contributed by atoms with Crippen LogP contribution < -0.4 is 9.80 Å². The van der Waals surface area contributed by atoms with E-state index in [2.05, 4.69) is 47.2 Å². The van der Waals surface area contributed by atoms with E-state index in [1.807, 2.05) is 55.6 Å². The molecule has 2 fully saturated rings. The Kier molecular flexibility index (Phi) is 14.0. The van der Waals surface area contributed by atoms with Crippen LogP contribution in [0.2, 0.25) is 10.0 Å². The number of rotatable bonds is 10. The molecule has 0 aliphatic carbocycles. The van der Waals surface area contributed by atoms with Crippen LogP contribution >= 0.6 is 45.9 Å². The SMILES string of the molecule is Cc1ccc(S(=O)(=O)N2CCN(c3nc(Cc4cc(C)cc(C)c4)cs3)CC2)cc1.Cc1ccc(S(=O)(=O)N2CCN(c3nc(Cc4cc(Cl)cc(Cl)c4)cs3)CC2)cc1. The van der Waals surface area contributed by atoms with Crippen LogP contribution in [0.25, 0.3) is 0 Å². The summed E-state index contributed by atoms with van der Waals surface area (Å²) in [6, 6.07) is 26.2. The Bertz CT molecular complexity index is 2410. The minimum atomic E-state index is -3.46. The van der Waals surface area contributed by atoms with Gasteiger partial charge in [-0.2, -0.15) is 8.61 Å². The van der Waals surface area contributed by atoms with Gasteiger partial charge in [0.1, 0.15) is 0 Å². The van der Waals surface area contributed by atoms with Gasteiger partial charge in [0.25, 0.3) is 0 Å². The molecule has 2 aromatic heterocycles. The number of hydrogen-bond donors (Lipinski definition) is 0.